The molecule has 2 heterocycles. The van der Waals surface area contributed by atoms with Crippen LogP contribution in [-0.2, 0) is 8.34 Å². The predicted octanol–water partition coefficient (Wildman–Crippen LogP) is -0.339. The van der Waals surface area contributed by atoms with Gasteiger partial charge in [0.15, 0.2) is 5.82 Å². The molecule has 1 unspecified atom stereocenters. The Labute approximate surface area is 92.2 Å². The van der Waals surface area contributed by atoms with Crippen LogP contribution in [0, 0.1) is 0 Å². The minimum atomic E-state index is -1.31. The average molecular weight is 307 g/mol. The Morgan fingerprint density at radius 3 is 3.00 bits per heavy atom. The Balaban J connectivity index is 2.64. The van der Waals surface area contributed by atoms with Gasteiger partial charge in [0, 0.05) is 0 Å². The van der Waals surface area contributed by atoms with Crippen LogP contribution in [-0.4, -0.2) is 21.0 Å². The maximum Gasteiger partial charge on any atom is 0.340 e. The average Bonchev–Trinajstić information content (AvgIpc) is 2.47. The summed E-state index contributed by atoms with van der Waals surface area (Å²) in [6, 6.07) is 0. The number of carbonyl (C=O) groups is 1. The van der Waals surface area contributed by atoms with Crippen molar-refractivity contribution in [2.75, 3.05) is 11.2 Å². The van der Waals surface area contributed by atoms with Gasteiger partial charge in [-0.15, -0.1) is 0 Å². The second kappa shape index (κ2) is 2.92. The molecule has 0 radical (unpaired) electrons. The van der Waals surface area contributed by atoms with E-state index in [0.29, 0.717) is 11.4 Å². The van der Waals surface area contributed by atoms with Crippen molar-refractivity contribution in [1.29, 1.82) is 0 Å². The number of carboxylic acids is 1. The lowest BCUT2D eigenvalue weighted by Gasteiger charge is -2.16. The van der Waals surface area contributed by atoms with Crippen LogP contribution in [0.2, 0.25) is 0 Å². The third-order valence-corrected chi connectivity index (χ3v) is 3.14. The lowest BCUT2D eigenvalue weighted by Crippen LogP contribution is -2.41. The minimum Gasteiger partial charge on any atom is -0.479 e. The van der Waals surface area contributed by atoms with Gasteiger partial charge in [-0.3, -0.25) is 0 Å². The van der Waals surface area contributed by atoms with Crippen LogP contribution in [0.4, 0.5) is 11.6 Å². The molecule has 7 nitrogen and oxygen atoms in total. The van der Waals surface area contributed by atoms with Gasteiger partial charge >= 0.3 is 5.97 Å². The van der Waals surface area contributed by atoms with Crippen molar-refractivity contribution in [2.24, 2.45) is 0 Å². The zero-order valence-corrected chi connectivity index (χ0v) is 8.94. The Bertz CT molecular complexity index is 411. The number of aliphatic carboxylic acids is 1. The first-order valence-electron chi connectivity index (χ1n) is 3.62. The van der Waals surface area contributed by atoms with Crippen molar-refractivity contribution in [1.82, 2.24) is 15.4 Å². The molecule has 1 aromatic heterocycles. The summed E-state index contributed by atoms with van der Waals surface area (Å²) < 4.78 is -1.31. The van der Waals surface area contributed by atoms with Gasteiger partial charge in [0.25, 0.3) is 0 Å². The fourth-order valence-corrected chi connectivity index (χ4v) is 1.87. The van der Waals surface area contributed by atoms with E-state index < -0.39 is 9.51 Å². The number of alkyl halides is 1. The third kappa shape index (κ3) is 1.10. The van der Waals surface area contributed by atoms with Crippen LogP contribution in [0.5, 0.6) is 0 Å². The number of hydrogen-bond donors (Lipinski definition) is 4. The molecule has 74 valence electrons. The molecule has 1 aliphatic rings. The van der Waals surface area contributed by atoms with Crippen molar-refractivity contribution in [3.8, 4) is 0 Å². The molecule has 0 aromatic carbocycles. The van der Waals surface area contributed by atoms with Crippen LogP contribution >= 0.6 is 22.6 Å². The van der Waals surface area contributed by atoms with Crippen LogP contribution < -0.4 is 16.6 Å². The van der Waals surface area contributed by atoms with Crippen LogP contribution in [0.15, 0.2) is 6.33 Å². The highest BCUT2D eigenvalue weighted by Crippen LogP contribution is 2.40. The molecule has 1 aromatic rings. The van der Waals surface area contributed by atoms with Gasteiger partial charge in [0.1, 0.15) is 12.1 Å². The van der Waals surface area contributed by atoms with Gasteiger partial charge in [-0.2, -0.15) is 0 Å². The van der Waals surface area contributed by atoms with Crippen molar-refractivity contribution in [3.05, 3.63) is 11.9 Å². The number of hydrazine groups is 1. The van der Waals surface area contributed by atoms with E-state index in [9.17, 15) is 4.79 Å². The van der Waals surface area contributed by atoms with Gasteiger partial charge in [-0.05, 0) is 22.6 Å². The molecular formula is C6H6IN5O2. The van der Waals surface area contributed by atoms with Gasteiger partial charge in [0.05, 0.1) is 5.56 Å². The van der Waals surface area contributed by atoms with Crippen molar-refractivity contribution < 1.29 is 9.90 Å². The number of halogens is 1. The summed E-state index contributed by atoms with van der Waals surface area (Å²) in [5.41, 5.74) is 11.2. The lowest BCUT2D eigenvalue weighted by molar-refractivity contribution is -0.140. The third-order valence-electron chi connectivity index (χ3n) is 1.87. The molecule has 8 heteroatoms. The number of nitrogens with zero attached hydrogens (tertiary/aromatic N) is 2. The Morgan fingerprint density at radius 1 is 1.64 bits per heavy atom. The summed E-state index contributed by atoms with van der Waals surface area (Å²) in [6.07, 6.45) is 1.27. The maximum absolute atomic E-state index is 11.0. The highest BCUT2D eigenvalue weighted by atomic mass is 127. The Kier molecular flexibility index (Phi) is 1.96. The normalized spacial score (nSPS) is 24.1. The first-order chi connectivity index (χ1) is 6.55. The minimum absolute atomic E-state index is 0.157. The predicted molar refractivity (Wildman–Crippen MR) is 56.5 cm³/mol. The van der Waals surface area contributed by atoms with Gasteiger partial charge < -0.3 is 16.3 Å². The van der Waals surface area contributed by atoms with E-state index in [2.05, 4.69) is 20.8 Å². The monoisotopic (exact) mass is 307 g/mol. The van der Waals surface area contributed by atoms with Gasteiger partial charge in [0.2, 0.25) is 3.55 Å². The van der Waals surface area contributed by atoms with Crippen LogP contribution in [0.25, 0.3) is 0 Å². The molecule has 14 heavy (non-hydrogen) atoms. The number of rotatable bonds is 1. The zero-order chi connectivity index (χ0) is 10.3. The van der Waals surface area contributed by atoms with E-state index in [1.807, 2.05) is 0 Å². The van der Waals surface area contributed by atoms with Crippen molar-refractivity contribution in [2.45, 2.75) is 3.55 Å². The van der Waals surface area contributed by atoms with E-state index in [0.717, 1.165) is 0 Å². The quantitative estimate of drug-likeness (QED) is 0.319. The number of nitrogen functional groups attached to an aromatic ring is 1. The molecular weight excluding hydrogens is 301 g/mol. The first-order valence-corrected chi connectivity index (χ1v) is 4.70. The fraction of sp³-hybridized carbons (Fsp3) is 0.167. The van der Waals surface area contributed by atoms with Crippen LogP contribution in [0.3, 0.4) is 0 Å². The molecule has 0 aliphatic carbocycles. The molecule has 0 saturated heterocycles. The Hall–Kier alpha value is -1.16. The van der Waals surface area contributed by atoms with Crippen LogP contribution in [0.1, 0.15) is 5.56 Å². The summed E-state index contributed by atoms with van der Waals surface area (Å²) in [7, 11) is 0. The maximum atomic E-state index is 11.0. The number of aromatic nitrogens is 2. The molecule has 2 rings (SSSR count). The van der Waals surface area contributed by atoms with Crippen molar-refractivity contribution in [3.63, 3.8) is 0 Å². The molecule has 0 amide bonds. The van der Waals surface area contributed by atoms with Crippen molar-refractivity contribution >= 4 is 40.2 Å². The second-order valence-electron chi connectivity index (χ2n) is 2.70. The van der Waals surface area contributed by atoms with E-state index in [1.165, 1.54) is 6.33 Å². The Morgan fingerprint density at radius 2 is 2.36 bits per heavy atom. The largest absolute Gasteiger partial charge is 0.479 e. The number of fused-ring (bicyclic) bond motifs is 1. The topological polar surface area (TPSA) is 113 Å². The van der Waals surface area contributed by atoms with E-state index >= 15 is 0 Å². The SMILES string of the molecule is Nc1ncnc2c1C(I)(C(=O)O)NN2. The molecule has 0 fully saturated rings. The number of hydrogen-bond acceptors (Lipinski definition) is 6. The summed E-state index contributed by atoms with van der Waals surface area (Å²) in [4.78, 5) is 18.6. The molecule has 5 N–H and O–H groups in total. The smallest absolute Gasteiger partial charge is 0.340 e. The van der Waals surface area contributed by atoms with Gasteiger partial charge in [-0.25, -0.2) is 20.2 Å². The number of nitrogens with one attached hydrogen (secondary N) is 2. The highest BCUT2D eigenvalue weighted by molar-refractivity contribution is 14.1. The molecule has 0 bridgehead atoms. The van der Waals surface area contributed by atoms with E-state index in [4.69, 9.17) is 10.8 Å². The summed E-state index contributed by atoms with van der Waals surface area (Å²) in [5.74, 6) is -0.496. The molecule has 1 aliphatic heterocycles. The lowest BCUT2D eigenvalue weighted by atomic mass is 10.1. The molecule has 0 saturated carbocycles. The summed E-state index contributed by atoms with van der Waals surface area (Å²) in [6.45, 7) is 0. The molecule has 0 spiro atoms. The first kappa shape index (κ1) is 9.40. The van der Waals surface area contributed by atoms with E-state index in [1.54, 1.807) is 22.6 Å². The molecule has 1 atom stereocenters. The highest BCUT2D eigenvalue weighted by Gasteiger charge is 2.46. The fourth-order valence-electron chi connectivity index (χ4n) is 1.20. The summed E-state index contributed by atoms with van der Waals surface area (Å²) >= 11 is 1.74. The standard InChI is InChI=1S/C6H6IN5O2/c7-6(5(13)14)2-3(8)9-1-10-4(2)11-12-6/h1,12H,(H,13,14)(H3,8,9,10,11). The van der Waals surface area contributed by atoms with Gasteiger partial charge in [-0.1, -0.05) is 0 Å². The summed E-state index contributed by atoms with van der Waals surface area (Å²) in [5, 5.41) is 9.02. The number of carboxylic acid groups (broad SMARTS) is 1. The van der Waals surface area contributed by atoms with E-state index in [-0.39, 0.29) is 5.82 Å². The number of nitrogens with two attached hydrogens (primary N) is 1. The number of anilines is 2. The zero-order valence-electron chi connectivity index (χ0n) is 6.78. The second-order valence-corrected chi connectivity index (χ2v) is 4.31.